The molecule has 2 aromatic rings. The lowest BCUT2D eigenvalue weighted by Gasteiger charge is -2.30. The zero-order chi connectivity index (χ0) is 21.6. The number of amides is 3. The molecule has 0 aliphatic carbocycles. The van der Waals surface area contributed by atoms with Gasteiger partial charge in [0.25, 0.3) is 0 Å². The van der Waals surface area contributed by atoms with Crippen LogP contribution >= 0.6 is 0 Å². The Hall–Kier alpha value is -3.06. The monoisotopic (exact) mass is 409 g/mol. The highest BCUT2D eigenvalue weighted by atomic mass is 16.3. The van der Waals surface area contributed by atoms with Gasteiger partial charge in [-0.25, -0.2) is 0 Å². The summed E-state index contributed by atoms with van der Waals surface area (Å²) in [5.74, 6) is -0.871. The highest BCUT2D eigenvalue weighted by Crippen LogP contribution is 2.40. The second kappa shape index (κ2) is 9.63. The minimum atomic E-state index is -1.22. The standard InChI is InChI=1S/C23H27N3O4/c1-2-25(14-15-27)20(28)16-23(18-8-4-3-5-9-18)17-21(29)26(22(23)30)13-11-19-10-6-7-12-24-19/h3-10,12,27H,2,11,13-17H2,1H3. The molecule has 1 N–H and O–H groups in total. The molecule has 0 radical (unpaired) electrons. The first-order valence-corrected chi connectivity index (χ1v) is 10.2. The summed E-state index contributed by atoms with van der Waals surface area (Å²) in [5.41, 5.74) is 0.242. The Balaban J connectivity index is 1.88. The number of nitrogens with zero attached hydrogens (tertiary/aromatic N) is 3. The van der Waals surface area contributed by atoms with Gasteiger partial charge in [0.15, 0.2) is 0 Å². The lowest BCUT2D eigenvalue weighted by molar-refractivity contribution is -0.142. The molecule has 0 bridgehead atoms. The zero-order valence-corrected chi connectivity index (χ0v) is 17.2. The number of aromatic nitrogens is 1. The molecule has 1 aliphatic rings. The summed E-state index contributed by atoms with van der Waals surface area (Å²) in [6, 6.07) is 14.6. The van der Waals surface area contributed by atoms with Gasteiger partial charge in [-0.2, -0.15) is 0 Å². The molecular weight excluding hydrogens is 382 g/mol. The van der Waals surface area contributed by atoms with Crippen LogP contribution in [0.4, 0.5) is 0 Å². The summed E-state index contributed by atoms with van der Waals surface area (Å²) in [7, 11) is 0. The largest absolute Gasteiger partial charge is 0.395 e. The lowest BCUT2D eigenvalue weighted by Crippen LogP contribution is -2.44. The summed E-state index contributed by atoms with van der Waals surface area (Å²) in [5, 5.41) is 9.24. The highest BCUT2D eigenvalue weighted by Gasteiger charge is 2.53. The second-order valence-corrected chi connectivity index (χ2v) is 7.42. The van der Waals surface area contributed by atoms with Crippen LogP contribution in [0.3, 0.4) is 0 Å². The van der Waals surface area contributed by atoms with E-state index < -0.39 is 5.41 Å². The molecule has 1 aromatic heterocycles. The van der Waals surface area contributed by atoms with Crippen LogP contribution in [-0.4, -0.2) is 63.9 Å². The van der Waals surface area contributed by atoms with E-state index in [-0.39, 0.29) is 50.3 Å². The highest BCUT2D eigenvalue weighted by molar-refractivity contribution is 6.10. The maximum Gasteiger partial charge on any atom is 0.240 e. The number of likely N-dealkylation sites (N-methyl/N-ethyl adjacent to an activating group) is 1. The Labute approximate surface area is 176 Å². The third kappa shape index (κ3) is 4.41. The van der Waals surface area contributed by atoms with Crippen molar-refractivity contribution < 1.29 is 19.5 Å². The fourth-order valence-electron chi connectivity index (χ4n) is 3.97. The van der Waals surface area contributed by atoms with Gasteiger partial charge in [0.1, 0.15) is 0 Å². The smallest absolute Gasteiger partial charge is 0.240 e. The molecule has 0 saturated carbocycles. The SMILES string of the molecule is CCN(CCO)C(=O)CC1(c2ccccc2)CC(=O)N(CCc2ccccn2)C1=O. The molecule has 3 rings (SSSR count). The van der Waals surface area contributed by atoms with Gasteiger partial charge in [-0.1, -0.05) is 36.4 Å². The predicted octanol–water partition coefficient (Wildman–Crippen LogP) is 1.55. The van der Waals surface area contributed by atoms with Crippen molar-refractivity contribution in [3.8, 4) is 0 Å². The molecule has 158 valence electrons. The van der Waals surface area contributed by atoms with Crippen molar-refractivity contribution in [2.24, 2.45) is 0 Å². The first kappa shape index (κ1) is 21.6. The van der Waals surface area contributed by atoms with E-state index in [4.69, 9.17) is 0 Å². The van der Waals surface area contributed by atoms with Crippen molar-refractivity contribution >= 4 is 17.7 Å². The van der Waals surface area contributed by atoms with Gasteiger partial charge in [-0.05, 0) is 24.6 Å². The van der Waals surface area contributed by atoms with Gasteiger partial charge < -0.3 is 10.0 Å². The molecule has 1 aromatic carbocycles. The van der Waals surface area contributed by atoms with Gasteiger partial charge in [0, 0.05) is 50.8 Å². The van der Waals surface area contributed by atoms with Crippen LogP contribution in [-0.2, 0) is 26.2 Å². The summed E-state index contributed by atoms with van der Waals surface area (Å²) in [4.78, 5) is 46.4. The van der Waals surface area contributed by atoms with Gasteiger partial charge in [0.2, 0.25) is 17.7 Å². The van der Waals surface area contributed by atoms with Gasteiger partial charge in [0.05, 0.1) is 12.0 Å². The van der Waals surface area contributed by atoms with E-state index in [9.17, 15) is 19.5 Å². The lowest BCUT2D eigenvalue weighted by atomic mass is 9.75. The number of rotatable bonds is 9. The first-order valence-electron chi connectivity index (χ1n) is 10.2. The third-order valence-electron chi connectivity index (χ3n) is 5.61. The molecule has 1 aliphatic heterocycles. The summed E-state index contributed by atoms with van der Waals surface area (Å²) < 4.78 is 0. The van der Waals surface area contributed by atoms with Crippen LogP contribution in [0.25, 0.3) is 0 Å². The fourth-order valence-corrected chi connectivity index (χ4v) is 3.97. The van der Waals surface area contributed by atoms with Crippen LogP contribution in [0.1, 0.15) is 31.0 Å². The molecule has 0 spiro atoms. The molecule has 3 amide bonds. The van der Waals surface area contributed by atoms with E-state index in [0.717, 1.165) is 5.69 Å². The summed E-state index contributed by atoms with van der Waals surface area (Å²) in [6.45, 7) is 2.53. The summed E-state index contributed by atoms with van der Waals surface area (Å²) >= 11 is 0. The number of hydrogen-bond acceptors (Lipinski definition) is 5. The molecule has 1 atom stereocenters. The Morgan fingerprint density at radius 1 is 1.17 bits per heavy atom. The van der Waals surface area contributed by atoms with Crippen molar-refractivity contribution in [2.75, 3.05) is 26.2 Å². The average molecular weight is 409 g/mol. The maximum absolute atomic E-state index is 13.5. The van der Waals surface area contributed by atoms with Gasteiger partial charge in [-0.3, -0.25) is 24.3 Å². The van der Waals surface area contributed by atoms with Crippen LogP contribution < -0.4 is 0 Å². The number of aliphatic hydroxyl groups excluding tert-OH is 1. The zero-order valence-electron chi connectivity index (χ0n) is 17.2. The number of pyridine rings is 1. The third-order valence-corrected chi connectivity index (χ3v) is 5.61. The van der Waals surface area contributed by atoms with E-state index in [1.165, 1.54) is 9.80 Å². The Morgan fingerprint density at radius 2 is 1.90 bits per heavy atom. The summed E-state index contributed by atoms with van der Waals surface area (Å²) in [6.07, 6.45) is 2.00. The normalized spacial score (nSPS) is 18.7. The molecule has 7 nitrogen and oxygen atoms in total. The number of carbonyl (C=O) groups excluding carboxylic acids is 3. The van der Waals surface area contributed by atoms with Crippen LogP contribution in [0.2, 0.25) is 0 Å². The second-order valence-electron chi connectivity index (χ2n) is 7.42. The number of imide groups is 1. The molecule has 1 fully saturated rings. The van der Waals surface area contributed by atoms with Crippen molar-refractivity contribution in [1.29, 1.82) is 0 Å². The topological polar surface area (TPSA) is 90.8 Å². The van der Waals surface area contributed by atoms with E-state index in [2.05, 4.69) is 4.98 Å². The van der Waals surface area contributed by atoms with Crippen LogP contribution in [0, 0.1) is 0 Å². The molecule has 1 saturated heterocycles. The number of carbonyl (C=O) groups is 3. The van der Waals surface area contributed by atoms with E-state index in [0.29, 0.717) is 18.5 Å². The Bertz CT molecular complexity index is 888. The van der Waals surface area contributed by atoms with E-state index in [1.807, 2.05) is 31.2 Å². The molecule has 2 heterocycles. The van der Waals surface area contributed by atoms with Crippen molar-refractivity contribution in [2.45, 2.75) is 31.6 Å². The minimum Gasteiger partial charge on any atom is -0.395 e. The minimum absolute atomic E-state index is 0.0412. The first-order chi connectivity index (χ1) is 14.5. The Kier molecular flexibility index (Phi) is 6.95. The van der Waals surface area contributed by atoms with Crippen molar-refractivity contribution in [3.63, 3.8) is 0 Å². The average Bonchev–Trinajstić information content (AvgIpc) is 3.01. The van der Waals surface area contributed by atoms with Crippen molar-refractivity contribution in [3.05, 3.63) is 66.0 Å². The van der Waals surface area contributed by atoms with Gasteiger partial charge in [-0.15, -0.1) is 0 Å². The maximum atomic E-state index is 13.5. The molecule has 1 unspecified atom stereocenters. The van der Waals surface area contributed by atoms with E-state index in [1.54, 1.807) is 30.5 Å². The molecule has 30 heavy (non-hydrogen) atoms. The number of likely N-dealkylation sites (tertiary alicyclic amines) is 1. The quantitative estimate of drug-likeness (QED) is 0.635. The number of aliphatic hydroxyl groups is 1. The van der Waals surface area contributed by atoms with Crippen molar-refractivity contribution in [1.82, 2.24) is 14.8 Å². The molecule has 7 heteroatoms. The number of benzene rings is 1. The number of hydrogen-bond donors (Lipinski definition) is 1. The van der Waals surface area contributed by atoms with Gasteiger partial charge >= 0.3 is 0 Å². The Morgan fingerprint density at radius 3 is 2.53 bits per heavy atom. The fraction of sp³-hybridized carbons (Fsp3) is 0.391. The van der Waals surface area contributed by atoms with E-state index >= 15 is 0 Å². The predicted molar refractivity (Wildman–Crippen MR) is 111 cm³/mol. The van der Waals surface area contributed by atoms with Crippen LogP contribution in [0.5, 0.6) is 0 Å². The van der Waals surface area contributed by atoms with Crippen LogP contribution in [0.15, 0.2) is 54.7 Å². The molecular formula is C23H27N3O4.